The van der Waals surface area contributed by atoms with Gasteiger partial charge in [-0.05, 0) is 17.5 Å². The molecule has 0 radical (unpaired) electrons. The summed E-state index contributed by atoms with van der Waals surface area (Å²) in [5.74, 6) is -1.54. The normalized spacial score (nSPS) is 12.8. The van der Waals surface area contributed by atoms with Crippen LogP contribution in [0.2, 0.25) is 0 Å². The van der Waals surface area contributed by atoms with Crippen LogP contribution in [0.4, 0.5) is 5.69 Å². The SMILES string of the molecule is CC(C)(C)[C@@H](NC(=O)c1ccccc1N)C(=O)O. The van der Waals surface area contributed by atoms with E-state index in [-0.39, 0.29) is 5.56 Å². The fourth-order valence-electron chi connectivity index (χ4n) is 1.56. The summed E-state index contributed by atoms with van der Waals surface area (Å²) in [6, 6.07) is 5.58. The molecule has 0 aliphatic heterocycles. The minimum Gasteiger partial charge on any atom is -0.480 e. The number of carbonyl (C=O) groups excluding carboxylic acids is 1. The molecule has 0 heterocycles. The Hall–Kier alpha value is -2.04. The fraction of sp³-hybridized carbons (Fsp3) is 0.385. The van der Waals surface area contributed by atoms with E-state index in [0.717, 1.165) is 0 Å². The number of nitrogens with one attached hydrogen (secondary N) is 1. The van der Waals surface area contributed by atoms with Gasteiger partial charge < -0.3 is 16.2 Å². The van der Waals surface area contributed by atoms with Crippen molar-refractivity contribution in [3.05, 3.63) is 29.8 Å². The smallest absolute Gasteiger partial charge is 0.326 e. The van der Waals surface area contributed by atoms with E-state index in [1.807, 2.05) is 0 Å². The number of amides is 1. The van der Waals surface area contributed by atoms with Crippen molar-refractivity contribution in [3.63, 3.8) is 0 Å². The largest absolute Gasteiger partial charge is 0.480 e. The molecule has 1 atom stereocenters. The van der Waals surface area contributed by atoms with Crippen LogP contribution in [-0.4, -0.2) is 23.0 Å². The first-order chi connectivity index (χ1) is 8.23. The summed E-state index contributed by atoms with van der Waals surface area (Å²) in [5, 5.41) is 11.6. The third-order valence-electron chi connectivity index (χ3n) is 2.59. The van der Waals surface area contributed by atoms with Crippen LogP contribution >= 0.6 is 0 Å². The first kappa shape index (κ1) is 14.0. The van der Waals surface area contributed by atoms with Crippen molar-refractivity contribution in [2.45, 2.75) is 26.8 Å². The average molecular weight is 250 g/mol. The van der Waals surface area contributed by atoms with Gasteiger partial charge in [-0.15, -0.1) is 0 Å². The lowest BCUT2D eigenvalue weighted by molar-refractivity contribution is -0.142. The van der Waals surface area contributed by atoms with Gasteiger partial charge in [-0.3, -0.25) is 4.79 Å². The Morgan fingerprint density at radius 3 is 2.28 bits per heavy atom. The number of para-hydroxylation sites is 1. The molecule has 18 heavy (non-hydrogen) atoms. The van der Waals surface area contributed by atoms with Crippen LogP contribution in [0.5, 0.6) is 0 Å². The third-order valence-corrected chi connectivity index (χ3v) is 2.59. The molecule has 1 amide bonds. The number of hydrogen-bond donors (Lipinski definition) is 3. The van der Waals surface area contributed by atoms with Gasteiger partial charge in [0.15, 0.2) is 0 Å². The van der Waals surface area contributed by atoms with Gasteiger partial charge in [0, 0.05) is 5.69 Å². The third kappa shape index (κ3) is 3.23. The number of anilines is 1. The minimum absolute atomic E-state index is 0.285. The second-order valence-corrected chi connectivity index (χ2v) is 5.20. The predicted octanol–water partition coefficient (Wildman–Crippen LogP) is 1.50. The quantitative estimate of drug-likeness (QED) is 0.709. The van der Waals surface area contributed by atoms with Crippen molar-refractivity contribution in [1.29, 1.82) is 0 Å². The molecule has 5 heteroatoms. The zero-order valence-corrected chi connectivity index (χ0v) is 10.7. The molecule has 0 fully saturated rings. The lowest BCUT2D eigenvalue weighted by Gasteiger charge is -2.27. The summed E-state index contributed by atoms with van der Waals surface area (Å²) in [4.78, 5) is 23.1. The zero-order valence-electron chi connectivity index (χ0n) is 10.7. The predicted molar refractivity (Wildman–Crippen MR) is 69.2 cm³/mol. The van der Waals surface area contributed by atoms with Crippen molar-refractivity contribution in [2.24, 2.45) is 5.41 Å². The molecule has 1 rings (SSSR count). The number of carboxylic acid groups (broad SMARTS) is 1. The second-order valence-electron chi connectivity index (χ2n) is 5.20. The number of carboxylic acids is 1. The van der Waals surface area contributed by atoms with E-state index in [2.05, 4.69) is 5.32 Å². The van der Waals surface area contributed by atoms with E-state index in [1.165, 1.54) is 0 Å². The first-order valence-electron chi connectivity index (χ1n) is 5.61. The number of nitrogen functional groups attached to an aromatic ring is 1. The Morgan fingerprint density at radius 2 is 1.83 bits per heavy atom. The van der Waals surface area contributed by atoms with Crippen LogP contribution < -0.4 is 11.1 Å². The Bertz CT molecular complexity index is 464. The van der Waals surface area contributed by atoms with E-state index in [1.54, 1.807) is 45.0 Å². The lowest BCUT2D eigenvalue weighted by Crippen LogP contribution is -2.49. The van der Waals surface area contributed by atoms with Crippen LogP contribution in [0.25, 0.3) is 0 Å². The molecule has 0 aliphatic carbocycles. The first-order valence-corrected chi connectivity index (χ1v) is 5.61. The van der Waals surface area contributed by atoms with E-state index in [0.29, 0.717) is 5.69 Å². The monoisotopic (exact) mass is 250 g/mol. The number of aliphatic carboxylic acids is 1. The summed E-state index contributed by atoms with van der Waals surface area (Å²) in [6.07, 6.45) is 0. The zero-order chi connectivity index (χ0) is 13.9. The van der Waals surface area contributed by atoms with Gasteiger partial charge in [-0.25, -0.2) is 4.79 Å². The summed E-state index contributed by atoms with van der Waals surface area (Å²) in [6.45, 7) is 5.25. The highest BCUT2D eigenvalue weighted by molar-refractivity contribution is 6.00. The molecule has 98 valence electrons. The topological polar surface area (TPSA) is 92.4 Å². The lowest BCUT2D eigenvalue weighted by atomic mass is 9.86. The summed E-state index contributed by atoms with van der Waals surface area (Å²) in [5.41, 5.74) is 5.71. The van der Waals surface area contributed by atoms with Crippen molar-refractivity contribution < 1.29 is 14.7 Å². The number of benzene rings is 1. The standard InChI is InChI=1S/C13H18N2O3/c1-13(2,3)10(12(17)18)15-11(16)8-6-4-5-7-9(8)14/h4-7,10H,14H2,1-3H3,(H,15,16)(H,17,18)/t10-/m0/s1. The van der Waals surface area contributed by atoms with Crippen molar-refractivity contribution in [2.75, 3.05) is 5.73 Å². The van der Waals surface area contributed by atoms with Crippen molar-refractivity contribution in [1.82, 2.24) is 5.32 Å². The highest BCUT2D eigenvalue weighted by Gasteiger charge is 2.33. The van der Waals surface area contributed by atoms with Crippen molar-refractivity contribution in [3.8, 4) is 0 Å². The Labute approximate surface area is 106 Å². The van der Waals surface area contributed by atoms with E-state index < -0.39 is 23.3 Å². The number of nitrogens with two attached hydrogens (primary N) is 1. The average Bonchev–Trinajstić information content (AvgIpc) is 2.24. The van der Waals surface area contributed by atoms with Crippen LogP contribution in [0, 0.1) is 5.41 Å². The van der Waals surface area contributed by atoms with Gasteiger partial charge in [0.2, 0.25) is 0 Å². The molecule has 0 aliphatic rings. The molecule has 0 unspecified atom stereocenters. The Morgan fingerprint density at radius 1 is 1.28 bits per heavy atom. The molecule has 1 aromatic carbocycles. The second kappa shape index (κ2) is 5.08. The van der Waals surface area contributed by atoms with Crippen LogP contribution in [-0.2, 0) is 4.79 Å². The Kier molecular flexibility index (Phi) is 3.96. The number of hydrogen-bond acceptors (Lipinski definition) is 3. The molecule has 0 spiro atoms. The highest BCUT2D eigenvalue weighted by Crippen LogP contribution is 2.20. The van der Waals surface area contributed by atoms with Gasteiger partial charge in [-0.2, -0.15) is 0 Å². The minimum atomic E-state index is -1.06. The van der Waals surface area contributed by atoms with E-state index in [9.17, 15) is 9.59 Å². The van der Waals surface area contributed by atoms with Gasteiger partial charge in [-0.1, -0.05) is 32.9 Å². The van der Waals surface area contributed by atoms with Gasteiger partial charge in [0.1, 0.15) is 6.04 Å². The summed E-state index contributed by atoms with van der Waals surface area (Å²) in [7, 11) is 0. The molecule has 1 aromatic rings. The van der Waals surface area contributed by atoms with Gasteiger partial charge in [0.05, 0.1) is 5.56 Å². The Balaban J connectivity index is 2.93. The van der Waals surface area contributed by atoms with Crippen LogP contribution in [0.3, 0.4) is 0 Å². The van der Waals surface area contributed by atoms with Crippen LogP contribution in [0.15, 0.2) is 24.3 Å². The molecule has 0 saturated carbocycles. The molecular formula is C13H18N2O3. The summed E-state index contributed by atoms with van der Waals surface area (Å²) >= 11 is 0. The molecule has 0 aromatic heterocycles. The maximum absolute atomic E-state index is 12.0. The highest BCUT2D eigenvalue weighted by atomic mass is 16.4. The maximum atomic E-state index is 12.0. The fourth-order valence-corrected chi connectivity index (χ4v) is 1.56. The number of rotatable bonds is 3. The van der Waals surface area contributed by atoms with E-state index >= 15 is 0 Å². The molecular weight excluding hydrogens is 232 g/mol. The number of carbonyl (C=O) groups is 2. The van der Waals surface area contributed by atoms with Gasteiger partial charge >= 0.3 is 5.97 Å². The molecule has 4 N–H and O–H groups in total. The molecule has 0 bridgehead atoms. The van der Waals surface area contributed by atoms with Gasteiger partial charge in [0.25, 0.3) is 5.91 Å². The van der Waals surface area contributed by atoms with E-state index in [4.69, 9.17) is 10.8 Å². The van der Waals surface area contributed by atoms with Crippen molar-refractivity contribution >= 4 is 17.6 Å². The summed E-state index contributed by atoms with van der Waals surface area (Å²) < 4.78 is 0. The molecule has 5 nitrogen and oxygen atoms in total. The van der Waals surface area contributed by atoms with Crippen LogP contribution in [0.1, 0.15) is 31.1 Å². The molecule has 0 saturated heterocycles. The maximum Gasteiger partial charge on any atom is 0.326 e.